The van der Waals surface area contributed by atoms with Crippen LogP contribution in [0.25, 0.3) is 0 Å². The Balaban J connectivity index is 2.57. The number of carbonyl (C=O) groups is 1. The van der Waals surface area contributed by atoms with Crippen molar-refractivity contribution in [3.63, 3.8) is 0 Å². The molecule has 1 aromatic heterocycles. The van der Waals surface area contributed by atoms with Gasteiger partial charge in [-0.15, -0.1) is 0 Å². The Kier molecular flexibility index (Phi) is 5.09. The number of hydrogen-bond acceptors (Lipinski definition) is 5. The Labute approximate surface area is 108 Å². The normalized spacial score (nSPS) is 11.1. The number of hydrogen-bond donors (Lipinski definition) is 1. The molecule has 0 atom stereocenters. The maximum Gasteiger partial charge on any atom is 0.340 e. The van der Waals surface area contributed by atoms with Crippen molar-refractivity contribution < 1.29 is 14.3 Å². The Hall–Kier alpha value is -1.62. The number of methoxy groups -OCH3 is 1. The van der Waals surface area contributed by atoms with Crippen molar-refractivity contribution in [3.8, 4) is 0 Å². The molecule has 0 unspecified atom stereocenters. The Morgan fingerprint density at radius 2 is 2.11 bits per heavy atom. The second-order valence-electron chi connectivity index (χ2n) is 4.85. The maximum atomic E-state index is 11.7. The summed E-state index contributed by atoms with van der Waals surface area (Å²) in [6.45, 7) is 6.78. The quantitative estimate of drug-likeness (QED) is 0.642. The Morgan fingerprint density at radius 1 is 1.39 bits per heavy atom. The molecule has 0 saturated heterocycles. The van der Waals surface area contributed by atoms with E-state index in [2.05, 4.69) is 10.3 Å². The van der Waals surface area contributed by atoms with E-state index in [-0.39, 0.29) is 5.97 Å². The highest BCUT2D eigenvalue weighted by Crippen LogP contribution is 2.12. The third-order valence-electron chi connectivity index (χ3n) is 2.01. The van der Waals surface area contributed by atoms with Crippen LogP contribution in [0, 0.1) is 0 Å². The average molecular weight is 252 g/mol. The topological polar surface area (TPSA) is 60.5 Å². The fraction of sp³-hybridized carbons (Fsp3) is 0.538. The van der Waals surface area contributed by atoms with Crippen LogP contribution < -0.4 is 5.32 Å². The monoisotopic (exact) mass is 252 g/mol. The van der Waals surface area contributed by atoms with Crippen LogP contribution in [0.15, 0.2) is 18.3 Å². The molecular weight excluding hydrogens is 232 g/mol. The van der Waals surface area contributed by atoms with Crippen LogP contribution in [0.2, 0.25) is 0 Å². The van der Waals surface area contributed by atoms with Gasteiger partial charge in [-0.3, -0.25) is 0 Å². The molecule has 18 heavy (non-hydrogen) atoms. The van der Waals surface area contributed by atoms with E-state index in [4.69, 9.17) is 9.47 Å². The van der Waals surface area contributed by atoms with Crippen LogP contribution in [-0.2, 0) is 9.47 Å². The number of rotatable bonds is 5. The molecule has 100 valence electrons. The van der Waals surface area contributed by atoms with Crippen molar-refractivity contribution in [2.24, 2.45) is 0 Å². The van der Waals surface area contributed by atoms with E-state index >= 15 is 0 Å². The smallest absolute Gasteiger partial charge is 0.340 e. The second kappa shape index (κ2) is 6.35. The van der Waals surface area contributed by atoms with Gasteiger partial charge in [0.05, 0.1) is 12.2 Å². The van der Waals surface area contributed by atoms with Crippen LogP contribution in [0.4, 0.5) is 5.82 Å². The number of carbonyl (C=O) groups excluding carboxylic acids is 1. The van der Waals surface area contributed by atoms with E-state index in [0.29, 0.717) is 24.5 Å². The van der Waals surface area contributed by atoms with Gasteiger partial charge in [-0.05, 0) is 32.9 Å². The number of pyridine rings is 1. The lowest BCUT2D eigenvalue weighted by molar-refractivity contribution is 0.00691. The first-order valence-electron chi connectivity index (χ1n) is 5.84. The average Bonchev–Trinajstić information content (AvgIpc) is 2.28. The summed E-state index contributed by atoms with van der Waals surface area (Å²) in [4.78, 5) is 15.9. The van der Waals surface area contributed by atoms with E-state index in [1.807, 2.05) is 20.8 Å². The summed E-state index contributed by atoms with van der Waals surface area (Å²) in [5.41, 5.74) is -0.0471. The molecule has 1 rings (SSSR count). The molecule has 1 N–H and O–H groups in total. The van der Waals surface area contributed by atoms with Gasteiger partial charge in [0, 0.05) is 19.9 Å². The van der Waals surface area contributed by atoms with E-state index in [9.17, 15) is 4.79 Å². The first kappa shape index (κ1) is 14.4. The lowest BCUT2D eigenvalue weighted by Gasteiger charge is -2.19. The highest BCUT2D eigenvalue weighted by atomic mass is 16.6. The first-order valence-corrected chi connectivity index (χ1v) is 5.84. The zero-order chi connectivity index (χ0) is 13.6. The Morgan fingerprint density at radius 3 is 2.61 bits per heavy atom. The largest absolute Gasteiger partial charge is 0.456 e. The predicted molar refractivity (Wildman–Crippen MR) is 69.8 cm³/mol. The molecule has 0 saturated carbocycles. The van der Waals surface area contributed by atoms with Crippen LogP contribution in [-0.4, -0.2) is 36.8 Å². The van der Waals surface area contributed by atoms with Gasteiger partial charge in [0.2, 0.25) is 0 Å². The van der Waals surface area contributed by atoms with Crippen LogP contribution >= 0.6 is 0 Å². The molecule has 0 amide bonds. The number of aromatic nitrogens is 1. The zero-order valence-electron chi connectivity index (χ0n) is 11.3. The minimum absolute atomic E-state index is 0.363. The first-order chi connectivity index (χ1) is 8.42. The molecule has 5 nitrogen and oxygen atoms in total. The number of nitrogens with one attached hydrogen (secondary N) is 1. The highest BCUT2D eigenvalue weighted by Gasteiger charge is 2.17. The lowest BCUT2D eigenvalue weighted by atomic mass is 10.2. The van der Waals surface area contributed by atoms with Gasteiger partial charge in [0.25, 0.3) is 0 Å². The number of ether oxygens (including phenoxy) is 2. The molecule has 0 aromatic carbocycles. The van der Waals surface area contributed by atoms with E-state index in [1.165, 1.54) is 6.20 Å². The van der Waals surface area contributed by atoms with Crippen molar-refractivity contribution in [1.82, 2.24) is 4.98 Å². The van der Waals surface area contributed by atoms with Gasteiger partial charge < -0.3 is 14.8 Å². The molecule has 0 spiro atoms. The summed E-state index contributed by atoms with van der Waals surface area (Å²) in [5.74, 6) is 0.345. The van der Waals surface area contributed by atoms with Crippen molar-refractivity contribution in [2.45, 2.75) is 26.4 Å². The lowest BCUT2D eigenvalue weighted by Crippen LogP contribution is -2.24. The van der Waals surface area contributed by atoms with Crippen LogP contribution in [0.3, 0.4) is 0 Å². The fourth-order valence-corrected chi connectivity index (χ4v) is 1.24. The minimum Gasteiger partial charge on any atom is -0.456 e. The van der Waals surface area contributed by atoms with Crippen molar-refractivity contribution in [3.05, 3.63) is 23.9 Å². The van der Waals surface area contributed by atoms with Crippen molar-refractivity contribution >= 4 is 11.8 Å². The summed E-state index contributed by atoms with van der Waals surface area (Å²) in [6.07, 6.45) is 1.50. The number of nitrogens with zero attached hydrogens (tertiary/aromatic N) is 1. The SMILES string of the molecule is COCCNc1ccc(C(=O)OC(C)(C)C)cn1. The Bertz CT molecular complexity index is 382. The molecule has 0 radical (unpaired) electrons. The minimum atomic E-state index is -0.494. The molecule has 0 fully saturated rings. The third-order valence-corrected chi connectivity index (χ3v) is 2.01. The van der Waals surface area contributed by atoms with Crippen LogP contribution in [0.1, 0.15) is 31.1 Å². The van der Waals surface area contributed by atoms with Gasteiger partial charge >= 0.3 is 5.97 Å². The standard InChI is InChI=1S/C13H20N2O3/c1-13(2,3)18-12(16)10-5-6-11(15-9-10)14-7-8-17-4/h5-6,9H,7-8H2,1-4H3,(H,14,15). The van der Waals surface area contributed by atoms with E-state index in [1.54, 1.807) is 19.2 Å². The zero-order valence-corrected chi connectivity index (χ0v) is 11.3. The summed E-state index contributed by atoms with van der Waals surface area (Å²) < 4.78 is 10.2. The molecular formula is C13H20N2O3. The van der Waals surface area contributed by atoms with Gasteiger partial charge in [-0.2, -0.15) is 0 Å². The summed E-state index contributed by atoms with van der Waals surface area (Å²) >= 11 is 0. The summed E-state index contributed by atoms with van der Waals surface area (Å²) in [6, 6.07) is 3.44. The van der Waals surface area contributed by atoms with Gasteiger partial charge in [-0.1, -0.05) is 0 Å². The second-order valence-corrected chi connectivity index (χ2v) is 4.85. The van der Waals surface area contributed by atoms with Crippen LogP contribution in [0.5, 0.6) is 0 Å². The van der Waals surface area contributed by atoms with Gasteiger partial charge in [-0.25, -0.2) is 9.78 Å². The van der Waals surface area contributed by atoms with E-state index in [0.717, 1.165) is 0 Å². The molecule has 1 aromatic rings. The number of esters is 1. The van der Waals surface area contributed by atoms with Crippen molar-refractivity contribution in [1.29, 1.82) is 0 Å². The molecule has 0 aliphatic heterocycles. The molecule has 0 aliphatic carbocycles. The molecule has 0 aliphatic rings. The molecule has 0 bridgehead atoms. The molecule has 5 heteroatoms. The van der Waals surface area contributed by atoms with Crippen molar-refractivity contribution in [2.75, 3.05) is 25.6 Å². The van der Waals surface area contributed by atoms with E-state index < -0.39 is 5.60 Å². The fourth-order valence-electron chi connectivity index (χ4n) is 1.24. The third kappa shape index (κ3) is 5.14. The molecule has 1 heterocycles. The maximum absolute atomic E-state index is 11.7. The van der Waals surface area contributed by atoms with Gasteiger partial charge in [0.15, 0.2) is 0 Å². The summed E-state index contributed by atoms with van der Waals surface area (Å²) in [5, 5.41) is 3.07. The summed E-state index contributed by atoms with van der Waals surface area (Å²) in [7, 11) is 1.64. The predicted octanol–water partition coefficient (Wildman–Crippen LogP) is 2.10. The number of anilines is 1. The highest BCUT2D eigenvalue weighted by molar-refractivity contribution is 5.89. The van der Waals surface area contributed by atoms with Gasteiger partial charge in [0.1, 0.15) is 11.4 Å².